The Kier molecular flexibility index (Phi) is 5.58. The first-order valence-corrected chi connectivity index (χ1v) is 7.97. The minimum atomic E-state index is 0.157. The molecule has 1 amide bonds. The summed E-state index contributed by atoms with van der Waals surface area (Å²) in [6.07, 6.45) is 7.43. The summed E-state index contributed by atoms with van der Waals surface area (Å²) in [5.74, 6) is 4.04. The van der Waals surface area contributed by atoms with Crippen LogP contribution in [0, 0.1) is 5.92 Å². The average Bonchev–Trinajstić information content (AvgIpc) is 2.93. The second-order valence-corrected chi connectivity index (χ2v) is 5.89. The zero-order valence-corrected chi connectivity index (χ0v) is 12.2. The van der Waals surface area contributed by atoms with Crippen molar-refractivity contribution in [2.45, 2.75) is 25.5 Å². The molecule has 0 atom stereocenters. The van der Waals surface area contributed by atoms with Crippen molar-refractivity contribution >= 4 is 17.7 Å². The van der Waals surface area contributed by atoms with E-state index in [0.717, 1.165) is 49.1 Å². The first-order chi connectivity index (χ1) is 9.29. The van der Waals surface area contributed by atoms with Crippen molar-refractivity contribution in [3.8, 4) is 0 Å². The third-order valence-corrected chi connectivity index (χ3v) is 4.61. The van der Waals surface area contributed by atoms with E-state index in [0.29, 0.717) is 0 Å². The summed E-state index contributed by atoms with van der Waals surface area (Å²) in [5.41, 5.74) is 0. The zero-order chi connectivity index (χ0) is 13.5. The first kappa shape index (κ1) is 14.3. The van der Waals surface area contributed by atoms with Crippen LogP contribution in [0.3, 0.4) is 0 Å². The Labute approximate surface area is 119 Å². The van der Waals surface area contributed by atoms with Crippen molar-refractivity contribution in [1.82, 2.24) is 4.90 Å². The van der Waals surface area contributed by atoms with Gasteiger partial charge in [0.1, 0.15) is 5.76 Å². The number of piperidine rings is 1. The lowest BCUT2D eigenvalue weighted by Gasteiger charge is -2.31. The molecule has 2 heterocycles. The van der Waals surface area contributed by atoms with Crippen LogP contribution in [0.5, 0.6) is 0 Å². The molecule has 0 bridgehead atoms. The molecule has 1 aliphatic rings. The highest BCUT2D eigenvalue weighted by Gasteiger charge is 2.21. The lowest BCUT2D eigenvalue weighted by Crippen LogP contribution is -2.38. The molecule has 0 aromatic carbocycles. The molecule has 0 aliphatic carbocycles. The van der Waals surface area contributed by atoms with Crippen LogP contribution in [0.15, 0.2) is 35.0 Å². The van der Waals surface area contributed by atoms with Gasteiger partial charge in [-0.1, -0.05) is 6.08 Å². The molecule has 19 heavy (non-hydrogen) atoms. The normalized spacial score (nSPS) is 17.2. The number of carbonyl (C=O) groups is 1. The summed E-state index contributed by atoms with van der Waals surface area (Å²) in [5, 5.41) is 0. The van der Waals surface area contributed by atoms with Gasteiger partial charge in [-0.3, -0.25) is 4.79 Å². The van der Waals surface area contributed by atoms with Crippen LogP contribution < -0.4 is 0 Å². The molecule has 1 aliphatic heterocycles. The summed E-state index contributed by atoms with van der Waals surface area (Å²) in [6, 6.07) is 3.95. The Bertz CT molecular complexity index is 406. The van der Waals surface area contributed by atoms with Crippen molar-refractivity contribution < 1.29 is 9.21 Å². The molecule has 1 aromatic heterocycles. The van der Waals surface area contributed by atoms with Crippen molar-refractivity contribution in [2.24, 2.45) is 5.92 Å². The fourth-order valence-corrected chi connectivity index (χ4v) is 3.44. The van der Waals surface area contributed by atoms with Gasteiger partial charge >= 0.3 is 0 Å². The van der Waals surface area contributed by atoms with Gasteiger partial charge in [0.15, 0.2) is 0 Å². The van der Waals surface area contributed by atoms with Crippen LogP contribution in [0.25, 0.3) is 0 Å². The van der Waals surface area contributed by atoms with Gasteiger partial charge < -0.3 is 9.32 Å². The van der Waals surface area contributed by atoms with Crippen LogP contribution in [0.4, 0.5) is 0 Å². The molecule has 0 radical (unpaired) electrons. The first-order valence-electron chi connectivity index (χ1n) is 6.81. The maximum absolute atomic E-state index is 11.7. The summed E-state index contributed by atoms with van der Waals surface area (Å²) >= 11 is 1.93. The van der Waals surface area contributed by atoms with Crippen LogP contribution in [-0.2, 0) is 10.5 Å². The lowest BCUT2D eigenvalue weighted by atomic mass is 9.99. The Morgan fingerprint density at radius 1 is 1.53 bits per heavy atom. The Morgan fingerprint density at radius 3 is 2.95 bits per heavy atom. The number of furan rings is 1. The van der Waals surface area contributed by atoms with Gasteiger partial charge in [-0.25, -0.2) is 0 Å². The Balaban J connectivity index is 1.64. The summed E-state index contributed by atoms with van der Waals surface area (Å²) in [7, 11) is 0. The number of rotatable bonds is 5. The molecule has 1 saturated heterocycles. The van der Waals surface area contributed by atoms with Crippen LogP contribution >= 0.6 is 11.8 Å². The molecule has 3 nitrogen and oxygen atoms in total. The minimum Gasteiger partial charge on any atom is -0.468 e. The van der Waals surface area contributed by atoms with E-state index in [1.165, 1.54) is 0 Å². The van der Waals surface area contributed by atoms with Gasteiger partial charge in [0.25, 0.3) is 0 Å². The van der Waals surface area contributed by atoms with Gasteiger partial charge in [0, 0.05) is 13.1 Å². The Morgan fingerprint density at radius 2 is 2.32 bits per heavy atom. The maximum atomic E-state index is 11.7. The van der Waals surface area contributed by atoms with Crippen LogP contribution in [0.2, 0.25) is 0 Å². The summed E-state index contributed by atoms with van der Waals surface area (Å²) in [4.78, 5) is 13.6. The number of carbonyl (C=O) groups excluding carboxylic acids is 1. The van der Waals surface area contributed by atoms with Crippen molar-refractivity contribution in [1.29, 1.82) is 0 Å². The van der Waals surface area contributed by atoms with E-state index in [9.17, 15) is 4.79 Å². The molecule has 0 N–H and O–H groups in total. The van der Waals surface area contributed by atoms with Gasteiger partial charge in [-0.05, 0) is 49.6 Å². The third kappa shape index (κ3) is 4.46. The molecule has 2 rings (SSSR count). The minimum absolute atomic E-state index is 0.157. The summed E-state index contributed by atoms with van der Waals surface area (Å²) < 4.78 is 5.32. The van der Waals surface area contributed by atoms with E-state index in [1.807, 2.05) is 41.8 Å². The van der Waals surface area contributed by atoms with Crippen molar-refractivity contribution in [2.75, 3.05) is 18.8 Å². The molecule has 1 fully saturated rings. The largest absolute Gasteiger partial charge is 0.468 e. The highest BCUT2D eigenvalue weighted by molar-refractivity contribution is 7.98. The van der Waals surface area contributed by atoms with E-state index >= 15 is 0 Å². The van der Waals surface area contributed by atoms with E-state index in [2.05, 4.69) is 0 Å². The second-order valence-electron chi connectivity index (χ2n) is 4.86. The number of nitrogens with zero attached hydrogens (tertiary/aromatic N) is 1. The van der Waals surface area contributed by atoms with Crippen LogP contribution in [-0.4, -0.2) is 29.6 Å². The standard InChI is InChI=1S/C15H21NO2S/c1-2-4-15(17)16-8-6-13(7-9-16)11-19-12-14-5-3-10-18-14/h2-5,10,13H,6-9,11-12H2,1H3. The third-order valence-electron chi connectivity index (χ3n) is 3.41. The number of allylic oxidation sites excluding steroid dienone is 1. The molecule has 4 heteroatoms. The SMILES string of the molecule is CC=CC(=O)N1CCC(CSCc2ccco2)CC1. The van der Waals surface area contributed by atoms with Gasteiger partial charge in [0.2, 0.25) is 5.91 Å². The lowest BCUT2D eigenvalue weighted by molar-refractivity contribution is -0.127. The molecular weight excluding hydrogens is 258 g/mol. The van der Waals surface area contributed by atoms with E-state index < -0.39 is 0 Å². The average molecular weight is 279 g/mol. The molecule has 0 spiro atoms. The maximum Gasteiger partial charge on any atom is 0.246 e. The molecule has 0 unspecified atom stereocenters. The number of hydrogen-bond donors (Lipinski definition) is 0. The van der Waals surface area contributed by atoms with Gasteiger partial charge in [-0.2, -0.15) is 11.8 Å². The monoisotopic (exact) mass is 279 g/mol. The predicted octanol–water partition coefficient (Wildman–Crippen LogP) is 3.33. The highest BCUT2D eigenvalue weighted by atomic mass is 32.2. The van der Waals surface area contributed by atoms with Gasteiger partial charge in [-0.15, -0.1) is 0 Å². The fourth-order valence-electron chi connectivity index (χ4n) is 2.29. The van der Waals surface area contributed by atoms with Gasteiger partial charge in [0.05, 0.1) is 12.0 Å². The zero-order valence-electron chi connectivity index (χ0n) is 11.4. The van der Waals surface area contributed by atoms with Crippen molar-refractivity contribution in [3.63, 3.8) is 0 Å². The van der Waals surface area contributed by atoms with E-state index in [4.69, 9.17) is 4.42 Å². The fraction of sp³-hybridized carbons (Fsp3) is 0.533. The van der Waals surface area contributed by atoms with Crippen LogP contribution in [0.1, 0.15) is 25.5 Å². The second kappa shape index (κ2) is 7.43. The molecule has 0 saturated carbocycles. The van der Waals surface area contributed by atoms with E-state index in [1.54, 1.807) is 12.3 Å². The number of likely N-dealkylation sites (tertiary alicyclic amines) is 1. The summed E-state index contributed by atoms with van der Waals surface area (Å²) in [6.45, 7) is 3.68. The number of thioether (sulfide) groups is 1. The smallest absolute Gasteiger partial charge is 0.246 e. The Hall–Kier alpha value is -1.16. The number of amides is 1. The van der Waals surface area contributed by atoms with E-state index in [-0.39, 0.29) is 5.91 Å². The molecule has 104 valence electrons. The topological polar surface area (TPSA) is 33.5 Å². The molecule has 1 aromatic rings. The quantitative estimate of drug-likeness (QED) is 0.775. The molecular formula is C15H21NO2S. The predicted molar refractivity (Wildman–Crippen MR) is 79.0 cm³/mol. The van der Waals surface area contributed by atoms with Crippen molar-refractivity contribution in [3.05, 3.63) is 36.3 Å². The highest BCUT2D eigenvalue weighted by Crippen LogP contribution is 2.24. The number of hydrogen-bond acceptors (Lipinski definition) is 3.